The Morgan fingerprint density at radius 2 is 2.00 bits per heavy atom. The van der Waals surface area contributed by atoms with Crippen LogP contribution in [0, 0.1) is 6.92 Å². The monoisotopic (exact) mass is 230 g/mol. The molecule has 3 N–H and O–H groups in total. The minimum Gasteiger partial charge on any atom is -0.496 e. The molecule has 0 aliphatic carbocycles. The average molecular weight is 230 g/mol. The number of nitrogens with two attached hydrogens (primary N) is 1. The lowest BCUT2D eigenvalue weighted by molar-refractivity contribution is 0.416. The second-order valence-electron chi connectivity index (χ2n) is 3.65. The zero-order valence-electron chi connectivity index (χ0n) is 9.77. The molecule has 2 aromatic rings. The van der Waals surface area contributed by atoms with Gasteiger partial charge in [0.2, 0.25) is 0 Å². The standard InChI is InChI=1S/C12H14N4O/c1-8-3-5-11(17-2)9(7-8)10-4-6-12(14-13)16-15-10/h3-7H,13H2,1-2H3,(H,14,16). The van der Waals surface area contributed by atoms with Crippen molar-refractivity contribution < 1.29 is 4.74 Å². The van der Waals surface area contributed by atoms with Crippen LogP contribution in [-0.2, 0) is 0 Å². The molecule has 0 aliphatic rings. The van der Waals surface area contributed by atoms with Gasteiger partial charge in [0.15, 0.2) is 5.82 Å². The number of methoxy groups -OCH3 is 1. The van der Waals surface area contributed by atoms with Crippen molar-refractivity contribution in [1.82, 2.24) is 10.2 Å². The minimum absolute atomic E-state index is 0.528. The predicted octanol–water partition coefficient (Wildman–Crippen LogP) is 1.75. The van der Waals surface area contributed by atoms with Crippen LogP contribution < -0.4 is 16.0 Å². The molecule has 88 valence electrons. The Bertz CT molecular complexity index is 510. The van der Waals surface area contributed by atoms with Gasteiger partial charge < -0.3 is 10.2 Å². The molecule has 2 rings (SSSR count). The topological polar surface area (TPSA) is 73.1 Å². The molecular formula is C12H14N4O. The fourth-order valence-electron chi connectivity index (χ4n) is 1.57. The lowest BCUT2D eigenvalue weighted by atomic mass is 10.1. The number of aryl methyl sites for hydroxylation is 1. The van der Waals surface area contributed by atoms with Crippen molar-refractivity contribution in [2.75, 3.05) is 12.5 Å². The molecule has 0 atom stereocenters. The SMILES string of the molecule is COc1ccc(C)cc1-c1ccc(NN)nn1. The summed E-state index contributed by atoms with van der Waals surface area (Å²) >= 11 is 0. The molecule has 1 aromatic carbocycles. The van der Waals surface area contributed by atoms with Crippen LogP contribution in [0.5, 0.6) is 5.75 Å². The first-order valence-corrected chi connectivity index (χ1v) is 5.20. The molecule has 1 heterocycles. The first-order valence-electron chi connectivity index (χ1n) is 5.20. The Kier molecular flexibility index (Phi) is 3.20. The van der Waals surface area contributed by atoms with Crippen molar-refractivity contribution in [2.45, 2.75) is 6.92 Å². The summed E-state index contributed by atoms with van der Waals surface area (Å²) in [4.78, 5) is 0. The van der Waals surface area contributed by atoms with Crippen LogP contribution in [-0.4, -0.2) is 17.3 Å². The van der Waals surface area contributed by atoms with E-state index in [0.717, 1.165) is 22.6 Å². The number of nitrogen functional groups attached to an aromatic ring is 1. The molecule has 5 nitrogen and oxygen atoms in total. The van der Waals surface area contributed by atoms with E-state index in [-0.39, 0.29) is 0 Å². The third-order valence-electron chi connectivity index (χ3n) is 2.44. The molecule has 5 heteroatoms. The van der Waals surface area contributed by atoms with Gasteiger partial charge in [0.25, 0.3) is 0 Å². The maximum absolute atomic E-state index is 5.30. The maximum atomic E-state index is 5.30. The van der Waals surface area contributed by atoms with Crippen molar-refractivity contribution in [2.24, 2.45) is 5.84 Å². The van der Waals surface area contributed by atoms with Crippen LogP contribution in [0.3, 0.4) is 0 Å². The molecule has 0 saturated carbocycles. The quantitative estimate of drug-likeness (QED) is 0.620. The fourth-order valence-corrected chi connectivity index (χ4v) is 1.57. The molecule has 0 aliphatic heterocycles. The van der Waals surface area contributed by atoms with Crippen LogP contribution in [0.4, 0.5) is 5.82 Å². The van der Waals surface area contributed by atoms with Crippen LogP contribution in [0.25, 0.3) is 11.3 Å². The average Bonchev–Trinajstić information content (AvgIpc) is 2.39. The Morgan fingerprint density at radius 1 is 1.18 bits per heavy atom. The zero-order chi connectivity index (χ0) is 12.3. The van der Waals surface area contributed by atoms with Crippen molar-refractivity contribution in [3.8, 4) is 17.0 Å². The number of hydrogen-bond acceptors (Lipinski definition) is 5. The van der Waals surface area contributed by atoms with Gasteiger partial charge in [-0.3, -0.25) is 0 Å². The summed E-state index contributed by atoms with van der Waals surface area (Å²) in [6.45, 7) is 2.02. The molecule has 0 radical (unpaired) electrons. The van der Waals surface area contributed by atoms with E-state index in [1.165, 1.54) is 0 Å². The Morgan fingerprint density at radius 3 is 2.59 bits per heavy atom. The predicted molar refractivity (Wildman–Crippen MR) is 66.6 cm³/mol. The molecule has 0 unspecified atom stereocenters. The zero-order valence-corrected chi connectivity index (χ0v) is 9.77. The number of anilines is 1. The maximum Gasteiger partial charge on any atom is 0.162 e. The number of benzene rings is 1. The van der Waals surface area contributed by atoms with Crippen LogP contribution in [0.2, 0.25) is 0 Å². The molecule has 0 spiro atoms. The fraction of sp³-hybridized carbons (Fsp3) is 0.167. The van der Waals surface area contributed by atoms with Crippen LogP contribution in [0.15, 0.2) is 30.3 Å². The largest absolute Gasteiger partial charge is 0.496 e. The highest BCUT2D eigenvalue weighted by atomic mass is 16.5. The van der Waals surface area contributed by atoms with Gasteiger partial charge >= 0.3 is 0 Å². The summed E-state index contributed by atoms with van der Waals surface area (Å²) in [5.41, 5.74) is 5.26. The smallest absolute Gasteiger partial charge is 0.162 e. The number of nitrogens with zero attached hydrogens (tertiary/aromatic N) is 2. The molecule has 1 aromatic heterocycles. The molecule has 0 bridgehead atoms. The second kappa shape index (κ2) is 4.80. The van der Waals surface area contributed by atoms with Gasteiger partial charge in [-0.15, -0.1) is 10.2 Å². The van der Waals surface area contributed by atoms with Crippen molar-refractivity contribution in [1.29, 1.82) is 0 Å². The third-order valence-corrected chi connectivity index (χ3v) is 2.44. The van der Waals surface area contributed by atoms with Crippen molar-refractivity contribution in [3.05, 3.63) is 35.9 Å². The van der Waals surface area contributed by atoms with E-state index in [9.17, 15) is 0 Å². The van der Waals surface area contributed by atoms with Gasteiger partial charge in [0, 0.05) is 5.56 Å². The second-order valence-corrected chi connectivity index (χ2v) is 3.65. The number of nitrogens with one attached hydrogen (secondary N) is 1. The number of ether oxygens (including phenoxy) is 1. The molecule has 0 fully saturated rings. The highest BCUT2D eigenvalue weighted by Crippen LogP contribution is 2.29. The van der Waals surface area contributed by atoms with Gasteiger partial charge in [0.05, 0.1) is 12.8 Å². The summed E-state index contributed by atoms with van der Waals surface area (Å²) in [6, 6.07) is 9.54. The summed E-state index contributed by atoms with van der Waals surface area (Å²) < 4.78 is 5.30. The molecule has 0 saturated heterocycles. The number of hydrogen-bond donors (Lipinski definition) is 2. The van der Waals surface area contributed by atoms with E-state index in [2.05, 4.69) is 15.6 Å². The van der Waals surface area contributed by atoms with E-state index < -0.39 is 0 Å². The lowest BCUT2D eigenvalue weighted by Crippen LogP contribution is -2.09. The summed E-state index contributed by atoms with van der Waals surface area (Å²) in [5, 5.41) is 8.03. The molecular weight excluding hydrogens is 216 g/mol. The van der Waals surface area contributed by atoms with E-state index in [1.54, 1.807) is 13.2 Å². The van der Waals surface area contributed by atoms with Crippen LogP contribution >= 0.6 is 0 Å². The Hall–Kier alpha value is -2.14. The van der Waals surface area contributed by atoms with E-state index in [0.29, 0.717) is 5.82 Å². The summed E-state index contributed by atoms with van der Waals surface area (Å²) in [5.74, 6) is 6.55. The van der Waals surface area contributed by atoms with E-state index in [4.69, 9.17) is 10.6 Å². The van der Waals surface area contributed by atoms with E-state index >= 15 is 0 Å². The Labute approximate surface area is 99.6 Å². The minimum atomic E-state index is 0.528. The van der Waals surface area contributed by atoms with Crippen molar-refractivity contribution >= 4 is 5.82 Å². The van der Waals surface area contributed by atoms with Gasteiger partial charge in [-0.1, -0.05) is 11.6 Å². The third kappa shape index (κ3) is 2.34. The highest BCUT2D eigenvalue weighted by molar-refractivity contribution is 5.68. The van der Waals surface area contributed by atoms with Gasteiger partial charge in [0.1, 0.15) is 5.75 Å². The Balaban J connectivity index is 2.47. The normalized spacial score (nSPS) is 10.1. The van der Waals surface area contributed by atoms with Gasteiger partial charge in [-0.05, 0) is 31.2 Å². The number of hydrazine groups is 1. The van der Waals surface area contributed by atoms with E-state index in [1.807, 2.05) is 31.2 Å². The molecule has 17 heavy (non-hydrogen) atoms. The first kappa shape index (κ1) is 11.3. The number of rotatable bonds is 3. The van der Waals surface area contributed by atoms with Gasteiger partial charge in [-0.25, -0.2) is 5.84 Å². The first-order chi connectivity index (χ1) is 8.24. The summed E-state index contributed by atoms with van der Waals surface area (Å²) in [7, 11) is 1.64. The van der Waals surface area contributed by atoms with Crippen molar-refractivity contribution in [3.63, 3.8) is 0 Å². The molecule has 0 amide bonds. The van der Waals surface area contributed by atoms with Gasteiger partial charge in [-0.2, -0.15) is 0 Å². The highest BCUT2D eigenvalue weighted by Gasteiger charge is 2.07. The summed E-state index contributed by atoms with van der Waals surface area (Å²) in [6.07, 6.45) is 0. The lowest BCUT2D eigenvalue weighted by Gasteiger charge is -2.08. The van der Waals surface area contributed by atoms with Crippen LogP contribution in [0.1, 0.15) is 5.56 Å². The number of aromatic nitrogens is 2.